The lowest BCUT2D eigenvalue weighted by Crippen LogP contribution is -2.06. The van der Waals surface area contributed by atoms with Gasteiger partial charge in [-0.3, -0.25) is 4.98 Å². The minimum atomic E-state index is -1.66. The number of ether oxygens (including phenoxy) is 1. The molecular weight excluding hydrogens is 294 g/mol. The van der Waals surface area contributed by atoms with Gasteiger partial charge in [-0.25, -0.2) is 13.6 Å². The van der Waals surface area contributed by atoms with Gasteiger partial charge >= 0.3 is 5.97 Å². The van der Waals surface area contributed by atoms with Gasteiger partial charge in [-0.05, 0) is 12.1 Å². The van der Waals surface area contributed by atoms with E-state index in [1.807, 2.05) is 0 Å². The smallest absolute Gasteiger partial charge is 0.337 e. The molecule has 0 saturated carbocycles. The van der Waals surface area contributed by atoms with Crippen LogP contribution < -0.4 is 4.74 Å². The molecule has 1 aromatic carbocycles. The van der Waals surface area contributed by atoms with Crippen molar-refractivity contribution in [1.82, 2.24) is 4.98 Å². The second kappa shape index (κ2) is 5.78. The molecule has 21 heavy (non-hydrogen) atoms. The highest BCUT2D eigenvalue weighted by molar-refractivity contribution is 5.87. The van der Waals surface area contributed by atoms with E-state index in [0.29, 0.717) is 0 Å². The second-order valence-corrected chi connectivity index (χ2v) is 3.93. The number of pyridine rings is 1. The van der Waals surface area contributed by atoms with E-state index in [1.54, 1.807) is 0 Å². The molecule has 0 aliphatic heterocycles. The molecule has 2 aromatic rings. The van der Waals surface area contributed by atoms with Crippen LogP contribution in [0.25, 0.3) is 0 Å². The Morgan fingerprint density at radius 1 is 1.14 bits per heavy atom. The molecule has 0 atom stereocenters. The van der Waals surface area contributed by atoms with Crippen LogP contribution in [-0.4, -0.2) is 16.1 Å². The summed E-state index contributed by atoms with van der Waals surface area (Å²) in [7, 11) is 0. The first-order valence-corrected chi connectivity index (χ1v) is 5.54. The number of rotatable bonds is 4. The Morgan fingerprint density at radius 3 is 2.24 bits per heavy atom. The molecule has 2 rings (SSSR count). The highest BCUT2D eigenvalue weighted by Gasteiger charge is 2.20. The van der Waals surface area contributed by atoms with Crippen molar-refractivity contribution in [3.63, 3.8) is 0 Å². The third kappa shape index (κ3) is 3.10. The third-order valence-corrected chi connectivity index (χ3v) is 2.51. The van der Waals surface area contributed by atoms with Crippen LogP contribution in [0.3, 0.4) is 0 Å². The molecule has 0 fully saturated rings. The Morgan fingerprint density at radius 2 is 1.76 bits per heavy atom. The SMILES string of the molecule is O=C(O)c1ccc(COc2c(F)c(F)cc(F)c2F)nc1. The lowest BCUT2D eigenvalue weighted by Gasteiger charge is -2.09. The average Bonchev–Trinajstić information content (AvgIpc) is 2.45. The monoisotopic (exact) mass is 301 g/mol. The second-order valence-electron chi connectivity index (χ2n) is 3.93. The lowest BCUT2D eigenvalue weighted by atomic mass is 10.2. The molecule has 0 saturated heterocycles. The number of hydrogen-bond acceptors (Lipinski definition) is 3. The Bertz CT molecular complexity index is 663. The fraction of sp³-hybridized carbons (Fsp3) is 0.0769. The van der Waals surface area contributed by atoms with Crippen molar-refractivity contribution in [2.75, 3.05) is 0 Å². The zero-order valence-electron chi connectivity index (χ0n) is 10.2. The van der Waals surface area contributed by atoms with E-state index in [4.69, 9.17) is 5.11 Å². The van der Waals surface area contributed by atoms with E-state index in [1.165, 1.54) is 12.1 Å². The standard InChI is InChI=1S/C13H7F4NO3/c14-8-3-9(15)11(17)12(10(8)16)21-5-7-2-1-6(4-18-7)13(19)20/h1-4H,5H2,(H,19,20). The molecule has 0 radical (unpaired) electrons. The van der Waals surface area contributed by atoms with Gasteiger partial charge in [0.05, 0.1) is 11.3 Å². The van der Waals surface area contributed by atoms with Crippen molar-refractivity contribution in [2.45, 2.75) is 6.61 Å². The normalized spacial score (nSPS) is 10.5. The predicted octanol–water partition coefficient (Wildman–Crippen LogP) is 2.92. The predicted molar refractivity (Wildman–Crippen MR) is 61.8 cm³/mol. The van der Waals surface area contributed by atoms with E-state index < -0.39 is 41.6 Å². The molecular formula is C13H7F4NO3. The molecule has 0 unspecified atom stereocenters. The van der Waals surface area contributed by atoms with Crippen molar-refractivity contribution in [2.24, 2.45) is 0 Å². The molecule has 0 aliphatic rings. The number of aromatic nitrogens is 1. The maximum atomic E-state index is 13.3. The number of carboxylic acids is 1. The zero-order chi connectivity index (χ0) is 15.6. The van der Waals surface area contributed by atoms with Crippen LogP contribution in [0.1, 0.15) is 16.1 Å². The maximum absolute atomic E-state index is 13.3. The van der Waals surface area contributed by atoms with Gasteiger partial charge in [-0.1, -0.05) is 0 Å². The van der Waals surface area contributed by atoms with Crippen molar-refractivity contribution in [3.05, 3.63) is 58.9 Å². The number of carboxylic acid groups (broad SMARTS) is 1. The minimum absolute atomic E-state index is 0.0669. The molecule has 1 aromatic heterocycles. The highest BCUT2D eigenvalue weighted by Crippen LogP contribution is 2.27. The number of benzene rings is 1. The summed E-state index contributed by atoms with van der Waals surface area (Å²) >= 11 is 0. The Balaban J connectivity index is 2.18. The zero-order valence-corrected chi connectivity index (χ0v) is 10.2. The van der Waals surface area contributed by atoms with Crippen molar-refractivity contribution in [1.29, 1.82) is 0 Å². The number of halogens is 4. The van der Waals surface area contributed by atoms with E-state index in [9.17, 15) is 22.4 Å². The minimum Gasteiger partial charge on any atom is -0.481 e. The Hall–Kier alpha value is -2.64. The summed E-state index contributed by atoms with van der Waals surface area (Å²) in [6.07, 6.45) is 1.01. The first-order chi connectivity index (χ1) is 9.90. The summed E-state index contributed by atoms with van der Waals surface area (Å²) in [5.41, 5.74) is 0.0383. The molecule has 1 N–H and O–H groups in total. The van der Waals surface area contributed by atoms with E-state index in [2.05, 4.69) is 9.72 Å². The van der Waals surface area contributed by atoms with Crippen LogP contribution in [0.15, 0.2) is 24.4 Å². The van der Waals surface area contributed by atoms with Gasteiger partial charge in [0.15, 0.2) is 17.4 Å². The van der Waals surface area contributed by atoms with Gasteiger partial charge in [0.1, 0.15) is 6.61 Å². The van der Waals surface area contributed by atoms with E-state index in [0.717, 1.165) is 6.20 Å². The van der Waals surface area contributed by atoms with Crippen LogP contribution in [0.2, 0.25) is 0 Å². The average molecular weight is 301 g/mol. The summed E-state index contributed by atoms with van der Waals surface area (Å²) in [5.74, 6) is -8.88. The number of nitrogens with zero attached hydrogens (tertiary/aromatic N) is 1. The van der Waals surface area contributed by atoms with Gasteiger partial charge in [0.25, 0.3) is 0 Å². The number of carbonyl (C=O) groups is 1. The third-order valence-electron chi connectivity index (χ3n) is 2.51. The fourth-order valence-electron chi connectivity index (χ4n) is 1.46. The van der Waals surface area contributed by atoms with Crippen molar-refractivity contribution < 1.29 is 32.2 Å². The van der Waals surface area contributed by atoms with Crippen molar-refractivity contribution >= 4 is 5.97 Å². The van der Waals surface area contributed by atoms with Gasteiger partial charge in [-0.15, -0.1) is 0 Å². The Kier molecular flexibility index (Phi) is 4.06. The lowest BCUT2D eigenvalue weighted by molar-refractivity contribution is 0.0696. The van der Waals surface area contributed by atoms with Crippen LogP contribution >= 0.6 is 0 Å². The highest BCUT2D eigenvalue weighted by atomic mass is 19.2. The van der Waals surface area contributed by atoms with Gasteiger partial charge in [0, 0.05) is 12.3 Å². The van der Waals surface area contributed by atoms with Crippen LogP contribution in [-0.2, 0) is 6.61 Å². The van der Waals surface area contributed by atoms with Crippen LogP contribution in [0.4, 0.5) is 17.6 Å². The van der Waals surface area contributed by atoms with Crippen LogP contribution in [0, 0.1) is 23.3 Å². The molecule has 110 valence electrons. The van der Waals surface area contributed by atoms with Gasteiger partial charge < -0.3 is 9.84 Å². The quantitative estimate of drug-likeness (QED) is 0.697. The first kappa shape index (κ1) is 14.8. The summed E-state index contributed by atoms with van der Waals surface area (Å²) in [5, 5.41) is 8.66. The van der Waals surface area contributed by atoms with E-state index in [-0.39, 0.29) is 17.3 Å². The van der Waals surface area contributed by atoms with Crippen LogP contribution in [0.5, 0.6) is 5.75 Å². The van der Waals surface area contributed by atoms with E-state index >= 15 is 0 Å². The summed E-state index contributed by atoms with van der Waals surface area (Å²) in [6.45, 7) is -0.489. The molecule has 0 aliphatic carbocycles. The molecule has 0 amide bonds. The topological polar surface area (TPSA) is 59.4 Å². The molecule has 1 heterocycles. The number of hydrogen-bond donors (Lipinski definition) is 1. The summed E-state index contributed by atoms with van der Waals surface area (Å²) in [6, 6.07) is 2.51. The first-order valence-electron chi connectivity index (χ1n) is 5.54. The summed E-state index contributed by atoms with van der Waals surface area (Å²) < 4.78 is 57.2. The maximum Gasteiger partial charge on any atom is 0.337 e. The Labute approximate surface area is 115 Å². The molecule has 4 nitrogen and oxygen atoms in total. The summed E-state index contributed by atoms with van der Waals surface area (Å²) in [4.78, 5) is 14.3. The fourth-order valence-corrected chi connectivity index (χ4v) is 1.46. The molecule has 0 bridgehead atoms. The molecule has 0 spiro atoms. The van der Waals surface area contributed by atoms with Crippen molar-refractivity contribution in [3.8, 4) is 5.75 Å². The van der Waals surface area contributed by atoms with Gasteiger partial charge in [-0.2, -0.15) is 8.78 Å². The van der Waals surface area contributed by atoms with Gasteiger partial charge in [0.2, 0.25) is 11.6 Å². The number of aromatic carboxylic acids is 1. The molecule has 8 heteroatoms. The largest absolute Gasteiger partial charge is 0.481 e.